The van der Waals surface area contributed by atoms with Crippen molar-refractivity contribution in [3.63, 3.8) is 0 Å². The van der Waals surface area contributed by atoms with Crippen LogP contribution < -0.4 is 20.1 Å². The molecule has 0 aliphatic heterocycles. The highest BCUT2D eigenvalue weighted by Gasteiger charge is 2.49. The summed E-state index contributed by atoms with van der Waals surface area (Å²) in [4.78, 5) is 24.9. The summed E-state index contributed by atoms with van der Waals surface area (Å²) in [6.45, 7) is -0.0689. The first-order chi connectivity index (χ1) is 15.4. The fourth-order valence-electron chi connectivity index (χ4n) is 4.58. The first-order valence-corrected chi connectivity index (χ1v) is 11.5. The van der Waals surface area contributed by atoms with Crippen molar-refractivity contribution >= 4 is 35.0 Å². The monoisotopic (exact) mass is 476 g/mol. The van der Waals surface area contributed by atoms with E-state index >= 15 is 0 Å². The second-order valence-corrected chi connectivity index (χ2v) is 9.52. The van der Waals surface area contributed by atoms with Gasteiger partial charge in [-0.3, -0.25) is 9.59 Å². The normalized spacial score (nSPS) is 23.9. The molecule has 0 spiro atoms. The third-order valence-electron chi connectivity index (χ3n) is 6.42. The van der Waals surface area contributed by atoms with Crippen molar-refractivity contribution in [1.82, 2.24) is 10.6 Å². The Morgan fingerprint density at radius 2 is 0.969 bits per heavy atom. The quantitative estimate of drug-likeness (QED) is 0.586. The van der Waals surface area contributed by atoms with Crippen LogP contribution in [0, 0.1) is 0 Å². The molecule has 5 rings (SSSR count). The molecule has 8 heteroatoms. The summed E-state index contributed by atoms with van der Waals surface area (Å²) in [6, 6.07) is 13.9. The van der Waals surface area contributed by atoms with Gasteiger partial charge in [-0.25, -0.2) is 0 Å². The Morgan fingerprint density at radius 1 is 0.656 bits per heavy atom. The largest absolute Gasteiger partial charge is 0.484 e. The Kier molecular flexibility index (Phi) is 6.82. The minimum absolute atomic E-state index is 0.0344. The number of carbonyl (C=O) groups is 2. The Bertz CT molecular complexity index is 859. The molecule has 0 unspecified atom stereocenters. The van der Waals surface area contributed by atoms with Crippen LogP contribution in [-0.4, -0.2) is 36.1 Å². The van der Waals surface area contributed by atoms with Crippen molar-refractivity contribution in [3.8, 4) is 11.5 Å². The van der Waals surface area contributed by atoms with Crippen LogP contribution >= 0.6 is 23.2 Å². The minimum atomic E-state index is -0.216. The molecular weight excluding hydrogens is 451 g/mol. The van der Waals surface area contributed by atoms with Gasteiger partial charge >= 0.3 is 0 Å². The highest BCUT2D eigenvalue weighted by Crippen LogP contribution is 2.46. The summed E-state index contributed by atoms with van der Waals surface area (Å²) in [5.41, 5.74) is -0.431. The van der Waals surface area contributed by atoms with Crippen LogP contribution in [0.1, 0.15) is 38.5 Å². The summed E-state index contributed by atoms with van der Waals surface area (Å²) in [5, 5.41) is 7.62. The van der Waals surface area contributed by atoms with Crippen molar-refractivity contribution < 1.29 is 19.1 Å². The summed E-state index contributed by atoms with van der Waals surface area (Å²) < 4.78 is 11.1. The van der Waals surface area contributed by atoms with E-state index in [1.54, 1.807) is 48.5 Å². The van der Waals surface area contributed by atoms with E-state index in [9.17, 15) is 9.59 Å². The number of hydrogen-bond acceptors (Lipinski definition) is 4. The standard InChI is InChI=1S/C24H26Cl2N2O4/c25-17-1-5-19(6-2-17)31-15-21(29)27-23-9-12-24(13-10-23,14-11-23)28-22(30)16-32-20-7-3-18(26)4-8-20/h1-8H,9-16H2,(H,27,29)(H,28,30). The van der Waals surface area contributed by atoms with Crippen molar-refractivity contribution in [2.75, 3.05) is 13.2 Å². The van der Waals surface area contributed by atoms with E-state index in [1.165, 1.54) is 0 Å². The van der Waals surface area contributed by atoms with Crippen molar-refractivity contribution in [3.05, 3.63) is 58.6 Å². The van der Waals surface area contributed by atoms with Gasteiger partial charge < -0.3 is 20.1 Å². The molecule has 3 aliphatic carbocycles. The molecule has 2 N–H and O–H groups in total. The number of fused-ring (bicyclic) bond motifs is 3. The highest BCUT2D eigenvalue weighted by atomic mass is 35.5. The molecule has 2 amide bonds. The number of hydrogen-bond donors (Lipinski definition) is 2. The van der Waals surface area contributed by atoms with Gasteiger partial charge in [0, 0.05) is 21.1 Å². The lowest BCUT2D eigenvalue weighted by Crippen LogP contribution is -2.64. The molecule has 170 valence electrons. The molecule has 0 saturated heterocycles. The second kappa shape index (κ2) is 9.59. The van der Waals surface area contributed by atoms with Crippen LogP contribution in [0.2, 0.25) is 10.0 Å². The molecule has 0 atom stereocenters. The van der Waals surface area contributed by atoms with Crippen molar-refractivity contribution in [1.29, 1.82) is 0 Å². The summed E-state index contributed by atoms with van der Waals surface area (Å²) >= 11 is 11.7. The van der Waals surface area contributed by atoms with E-state index in [0.29, 0.717) is 21.5 Å². The molecule has 3 saturated carbocycles. The second-order valence-electron chi connectivity index (χ2n) is 8.64. The molecule has 3 aliphatic rings. The summed E-state index contributed by atoms with van der Waals surface area (Å²) in [7, 11) is 0. The smallest absolute Gasteiger partial charge is 0.258 e. The van der Waals surface area contributed by atoms with Gasteiger partial charge in [0.1, 0.15) is 11.5 Å². The molecule has 2 aromatic rings. The van der Waals surface area contributed by atoms with Gasteiger partial charge in [0.2, 0.25) is 0 Å². The van der Waals surface area contributed by atoms with Crippen LogP contribution in [-0.2, 0) is 9.59 Å². The van der Waals surface area contributed by atoms with Gasteiger partial charge in [0.05, 0.1) is 0 Å². The molecule has 2 aromatic carbocycles. The van der Waals surface area contributed by atoms with Gasteiger partial charge in [-0.2, -0.15) is 0 Å². The fraction of sp³-hybridized carbons (Fsp3) is 0.417. The predicted molar refractivity (Wildman–Crippen MR) is 123 cm³/mol. The van der Waals surface area contributed by atoms with Gasteiger partial charge in [-0.15, -0.1) is 0 Å². The Labute approximate surface area is 197 Å². The lowest BCUT2D eigenvalue weighted by atomic mass is 9.61. The van der Waals surface area contributed by atoms with E-state index < -0.39 is 0 Å². The topological polar surface area (TPSA) is 76.7 Å². The van der Waals surface area contributed by atoms with E-state index in [1.807, 2.05) is 0 Å². The van der Waals surface area contributed by atoms with Crippen molar-refractivity contribution in [2.45, 2.75) is 49.6 Å². The number of halogens is 2. The first kappa shape index (κ1) is 22.7. The van der Waals surface area contributed by atoms with Crippen LogP contribution in [0.4, 0.5) is 0 Å². The summed E-state index contributed by atoms with van der Waals surface area (Å²) in [6.07, 6.45) is 4.99. The van der Waals surface area contributed by atoms with Gasteiger partial charge in [0.25, 0.3) is 11.8 Å². The average Bonchev–Trinajstić information content (AvgIpc) is 2.79. The van der Waals surface area contributed by atoms with E-state index in [4.69, 9.17) is 32.7 Å². The third-order valence-corrected chi connectivity index (χ3v) is 6.93. The molecule has 0 aromatic heterocycles. The highest BCUT2D eigenvalue weighted by molar-refractivity contribution is 6.30. The third kappa shape index (κ3) is 5.67. The van der Waals surface area contributed by atoms with E-state index in [-0.39, 0.29) is 36.1 Å². The molecule has 3 fully saturated rings. The minimum Gasteiger partial charge on any atom is -0.484 e. The van der Waals surface area contributed by atoms with Crippen LogP contribution in [0.15, 0.2) is 48.5 Å². The van der Waals surface area contributed by atoms with Crippen molar-refractivity contribution in [2.24, 2.45) is 0 Å². The van der Waals surface area contributed by atoms with Gasteiger partial charge in [0.15, 0.2) is 13.2 Å². The van der Waals surface area contributed by atoms with Crippen LogP contribution in [0.25, 0.3) is 0 Å². The molecule has 2 bridgehead atoms. The maximum atomic E-state index is 12.5. The molecule has 6 nitrogen and oxygen atoms in total. The SMILES string of the molecule is O=C(COc1ccc(Cl)cc1)NC12CCC(NC(=O)COc3ccc(Cl)cc3)(CC1)CC2. The molecule has 32 heavy (non-hydrogen) atoms. The lowest BCUT2D eigenvalue weighted by molar-refractivity contribution is -0.130. The number of amides is 2. The fourth-order valence-corrected chi connectivity index (χ4v) is 4.84. The zero-order valence-corrected chi connectivity index (χ0v) is 19.2. The maximum Gasteiger partial charge on any atom is 0.258 e. The first-order valence-electron chi connectivity index (χ1n) is 10.7. The maximum absolute atomic E-state index is 12.5. The number of nitrogens with one attached hydrogen (secondary N) is 2. The number of benzene rings is 2. The Morgan fingerprint density at radius 3 is 1.28 bits per heavy atom. The molecular formula is C24H26Cl2N2O4. The molecule has 0 heterocycles. The summed E-state index contributed by atoms with van der Waals surface area (Å²) in [5.74, 6) is 0.957. The zero-order valence-electron chi connectivity index (χ0n) is 17.7. The Hall–Kier alpha value is -2.44. The lowest BCUT2D eigenvalue weighted by Gasteiger charge is -2.53. The predicted octanol–water partition coefficient (Wildman–Crippen LogP) is 4.53. The Balaban J connectivity index is 1.22. The van der Waals surface area contributed by atoms with E-state index in [0.717, 1.165) is 38.5 Å². The van der Waals surface area contributed by atoms with Gasteiger partial charge in [-0.1, -0.05) is 23.2 Å². The number of carbonyl (C=O) groups excluding carboxylic acids is 2. The average molecular weight is 477 g/mol. The van der Waals surface area contributed by atoms with Gasteiger partial charge in [-0.05, 0) is 87.1 Å². The number of ether oxygens (including phenoxy) is 2. The van der Waals surface area contributed by atoms with Crippen LogP contribution in [0.5, 0.6) is 11.5 Å². The van der Waals surface area contributed by atoms with E-state index in [2.05, 4.69) is 10.6 Å². The van der Waals surface area contributed by atoms with Crippen LogP contribution in [0.3, 0.4) is 0 Å². The number of rotatable bonds is 8. The zero-order chi connectivity index (χ0) is 22.6. The molecule has 0 radical (unpaired) electrons.